The zero-order valence-corrected chi connectivity index (χ0v) is 15.4. The van der Waals surface area contributed by atoms with Crippen LogP contribution in [-0.2, 0) is 6.42 Å². The van der Waals surface area contributed by atoms with Crippen LogP contribution in [0.4, 0.5) is 0 Å². The van der Waals surface area contributed by atoms with Gasteiger partial charge in [0, 0.05) is 19.1 Å². The lowest BCUT2D eigenvalue weighted by Gasteiger charge is -2.42. The molecule has 1 fully saturated rings. The number of aliphatic hydroxyl groups excluding tert-OH is 1. The van der Waals surface area contributed by atoms with Gasteiger partial charge in [0.05, 0.1) is 11.7 Å². The highest BCUT2D eigenvalue weighted by Gasteiger charge is 2.35. The summed E-state index contributed by atoms with van der Waals surface area (Å²) < 4.78 is 0. The molecule has 0 radical (unpaired) electrons. The zero-order chi connectivity index (χ0) is 18.6. The molecule has 4 heteroatoms. The molecule has 2 aromatic rings. The average Bonchev–Trinajstić information content (AvgIpc) is 2.67. The lowest BCUT2D eigenvalue weighted by atomic mass is 9.85. The minimum absolute atomic E-state index is 0.0294. The van der Waals surface area contributed by atoms with Crippen LogP contribution in [0.15, 0.2) is 54.6 Å². The van der Waals surface area contributed by atoms with E-state index < -0.39 is 11.7 Å². The van der Waals surface area contributed by atoms with Gasteiger partial charge in [-0.1, -0.05) is 42.5 Å². The van der Waals surface area contributed by atoms with Crippen molar-refractivity contribution in [2.24, 2.45) is 0 Å². The third kappa shape index (κ3) is 4.64. The zero-order valence-electron chi connectivity index (χ0n) is 15.4. The topological polar surface area (TPSA) is 63.9 Å². The van der Waals surface area contributed by atoms with Crippen LogP contribution in [0.1, 0.15) is 43.4 Å². The van der Waals surface area contributed by atoms with E-state index in [9.17, 15) is 15.3 Å². The second kappa shape index (κ2) is 8.21. The number of nitrogens with zero attached hydrogens (tertiary/aromatic N) is 1. The fraction of sp³-hybridized carbons (Fsp3) is 0.455. The van der Waals surface area contributed by atoms with Gasteiger partial charge in [-0.2, -0.15) is 0 Å². The van der Waals surface area contributed by atoms with Crippen LogP contribution in [0, 0.1) is 0 Å². The van der Waals surface area contributed by atoms with Crippen LogP contribution >= 0.6 is 0 Å². The summed E-state index contributed by atoms with van der Waals surface area (Å²) in [6.45, 7) is 3.58. The first kappa shape index (κ1) is 18.9. The second-order valence-corrected chi connectivity index (χ2v) is 7.52. The predicted octanol–water partition coefficient (Wildman–Crippen LogP) is 3.27. The Balaban J connectivity index is 1.52. The number of hydrogen-bond donors (Lipinski definition) is 3. The molecule has 0 spiro atoms. The molecule has 2 aromatic carbocycles. The first-order valence-electron chi connectivity index (χ1n) is 9.44. The molecule has 1 aliphatic rings. The van der Waals surface area contributed by atoms with Gasteiger partial charge in [0.25, 0.3) is 0 Å². The van der Waals surface area contributed by atoms with Gasteiger partial charge in [-0.15, -0.1) is 0 Å². The van der Waals surface area contributed by atoms with Gasteiger partial charge in [0.1, 0.15) is 5.75 Å². The summed E-state index contributed by atoms with van der Waals surface area (Å²) in [6, 6.07) is 17.0. The second-order valence-electron chi connectivity index (χ2n) is 7.52. The molecule has 0 saturated carbocycles. The number of rotatable bonds is 6. The van der Waals surface area contributed by atoms with Crippen LogP contribution in [0.2, 0.25) is 0 Å². The smallest absolute Gasteiger partial charge is 0.115 e. The number of phenolic OH excluding ortho intramolecular Hbond substituents is 1. The quantitative estimate of drug-likeness (QED) is 0.744. The standard InChI is InChI=1S/C22H29NO3/c1-17(21(25)19-7-9-20(24)10-8-19)23-15-13-22(26,14-16-23)12-11-18-5-3-2-4-6-18/h2-10,17,21,24-26H,11-16H2,1H3/t17-,21?/m0/s1. The summed E-state index contributed by atoms with van der Waals surface area (Å²) in [6.07, 6.45) is 2.52. The maximum Gasteiger partial charge on any atom is 0.115 e. The van der Waals surface area contributed by atoms with Crippen molar-refractivity contribution >= 4 is 0 Å². The fourth-order valence-electron chi connectivity index (χ4n) is 3.77. The molecule has 4 nitrogen and oxygen atoms in total. The molecule has 2 atom stereocenters. The summed E-state index contributed by atoms with van der Waals surface area (Å²) in [5.41, 5.74) is 1.45. The highest BCUT2D eigenvalue weighted by atomic mass is 16.3. The van der Waals surface area contributed by atoms with E-state index >= 15 is 0 Å². The van der Waals surface area contributed by atoms with E-state index in [1.807, 2.05) is 25.1 Å². The normalized spacial score (nSPS) is 19.8. The van der Waals surface area contributed by atoms with Gasteiger partial charge in [0.15, 0.2) is 0 Å². The van der Waals surface area contributed by atoms with Gasteiger partial charge in [-0.25, -0.2) is 0 Å². The Morgan fingerprint density at radius 3 is 2.23 bits per heavy atom. The first-order chi connectivity index (χ1) is 12.5. The van der Waals surface area contributed by atoms with Crippen molar-refractivity contribution in [3.63, 3.8) is 0 Å². The SMILES string of the molecule is C[C@@H](C(O)c1ccc(O)cc1)N1CCC(O)(CCc2ccccc2)CC1. The minimum Gasteiger partial charge on any atom is -0.508 e. The molecule has 3 rings (SSSR count). The molecule has 3 N–H and O–H groups in total. The summed E-state index contributed by atoms with van der Waals surface area (Å²) in [7, 11) is 0. The highest BCUT2D eigenvalue weighted by Crippen LogP contribution is 2.31. The Bertz CT molecular complexity index is 678. The van der Waals surface area contributed by atoms with Gasteiger partial charge >= 0.3 is 0 Å². The van der Waals surface area contributed by atoms with E-state index in [0.717, 1.165) is 44.3 Å². The molecule has 0 aliphatic carbocycles. The first-order valence-corrected chi connectivity index (χ1v) is 9.44. The molecular weight excluding hydrogens is 326 g/mol. The van der Waals surface area contributed by atoms with Crippen LogP contribution in [0.5, 0.6) is 5.75 Å². The van der Waals surface area contributed by atoms with Crippen molar-refractivity contribution in [2.45, 2.75) is 50.4 Å². The number of aryl methyl sites for hydroxylation is 1. The van der Waals surface area contributed by atoms with Crippen molar-refractivity contribution < 1.29 is 15.3 Å². The number of aromatic hydroxyl groups is 1. The highest BCUT2D eigenvalue weighted by molar-refractivity contribution is 5.28. The van der Waals surface area contributed by atoms with Gasteiger partial charge in [-0.3, -0.25) is 4.90 Å². The predicted molar refractivity (Wildman–Crippen MR) is 103 cm³/mol. The van der Waals surface area contributed by atoms with E-state index in [4.69, 9.17) is 0 Å². The number of likely N-dealkylation sites (tertiary alicyclic amines) is 1. The molecule has 1 unspecified atom stereocenters. The van der Waals surface area contributed by atoms with E-state index in [-0.39, 0.29) is 11.8 Å². The number of benzene rings is 2. The van der Waals surface area contributed by atoms with Gasteiger partial charge < -0.3 is 15.3 Å². The van der Waals surface area contributed by atoms with Crippen LogP contribution in [0.3, 0.4) is 0 Å². The molecule has 0 aromatic heterocycles. The number of piperidine rings is 1. The Morgan fingerprint density at radius 2 is 1.62 bits per heavy atom. The van der Waals surface area contributed by atoms with Crippen molar-refractivity contribution in [3.05, 3.63) is 65.7 Å². The van der Waals surface area contributed by atoms with E-state index in [1.54, 1.807) is 24.3 Å². The van der Waals surface area contributed by atoms with E-state index in [2.05, 4.69) is 17.0 Å². The molecule has 140 valence electrons. The van der Waals surface area contributed by atoms with Crippen LogP contribution in [-0.4, -0.2) is 45.0 Å². The fourth-order valence-corrected chi connectivity index (χ4v) is 3.77. The maximum absolute atomic E-state index is 10.9. The van der Waals surface area contributed by atoms with Crippen LogP contribution in [0.25, 0.3) is 0 Å². The molecule has 0 amide bonds. The molecular formula is C22H29NO3. The third-order valence-corrected chi connectivity index (χ3v) is 5.72. The molecule has 1 saturated heterocycles. The molecule has 1 aliphatic heterocycles. The lowest BCUT2D eigenvalue weighted by Crippen LogP contribution is -2.49. The molecule has 0 bridgehead atoms. The van der Waals surface area contributed by atoms with E-state index in [1.165, 1.54) is 5.56 Å². The maximum atomic E-state index is 10.9. The third-order valence-electron chi connectivity index (χ3n) is 5.72. The van der Waals surface area contributed by atoms with Crippen molar-refractivity contribution in [2.75, 3.05) is 13.1 Å². The monoisotopic (exact) mass is 355 g/mol. The van der Waals surface area contributed by atoms with Crippen molar-refractivity contribution in [1.29, 1.82) is 0 Å². The summed E-state index contributed by atoms with van der Waals surface area (Å²) in [5.74, 6) is 0.204. The number of phenols is 1. The lowest BCUT2D eigenvalue weighted by molar-refractivity contribution is -0.0504. The number of hydrogen-bond acceptors (Lipinski definition) is 4. The average molecular weight is 355 g/mol. The number of aliphatic hydroxyl groups is 2. The summed E-state index contributed by atoms with van der Waals surface area (Å²) in [5, 5.41) is 30.9. The Labute approximate surface area is 155 Å². The van der Waals surface area contributed by atoms with Crippen molar-refractivity contribution in [3.8, 4) is 5.75 Å². The Kier molecular flexibility index (Phi) is 5.97. The Hall–Kier alpha value is -1.88. The van der Waals surface area contributed by atoms with Gasteiger partial charge in [0.2, 0.25) is 0 Å². The van der Waals surface area contributed by atoms with Crippen LogP contribution < -0.4 is 0 Å². The van der Waals surface area contributed by atoms with Gasteiger partial charge in [-0.05, 0) is 55.9 Å². The minimum atomic E-state index is -0.616. The summed E-state index contributed by atoms with van der Waals surface area (Å²) >= 11 is 0. The summed E-state index contributed by atoms with van der Waals surface area (Å²) in [4.78, 5) is 2.24. The molecule has 1 heterocycles. The Morgan fingerprint density at radius 1 is 1.00 bits per heavy atom. The largest absolute Gasteiger partial charge is 0.508 e. The van der Waals surface area contributed by atoms with E-state index in [0.29, 0.717) is 0 Å². The van der Waals surface area contributed by atoms with Crippen molar-refractivity contribution in [1.82, 2.24) is 4.90 Å². The molecule has 26 heavy (non-hydrogen) atoms.